The van der Waals surface area contributed by atoms with Crippen molar-refractivity contribution in [2.24, 2.45) is 11.8 Å². The maximum Gasteiger partial charge on any atom is 0.0612 e. The van der Waals surface area contributed by atoms with E-state index in [2.05, 4.69) is 103 Å². The molecule has 4 rings (SSSR count). The van der Waals surface area contributed by atoms with Gasteiger partial charge in [0.2, 0.25) is 0 Å². The fourth-order valence-electron chi connectivity index (χ4n) is 4.71. The van der Waals surface area contributed by atoms with Crippen LogP contribution in [-0.2, 0) is 0 Å². The number of terminal acetylenes is 1. The summed E-state index contributed by atoms with van der Waals surface area (Å²) in [5, 5.41) is 7.15. The molecule has 0 amide bonds. The molecule has 1 aromatic heterocycles. The molecule has 0 saturated heterocycles. The highest BCUT2D eigenvalue weighted by molar-refractivity contribution is 5.77. The minimum Gasteiger partial charge on any atom is -0.384 e. The highest BCUT2D eigenvalue weighted by Crippen LogP contribution is 2.34. The van der Waals surface area contributed by atoms with Crippen molar-refractivity contribution >= 4 is 5.57 Å². The molecule has 0 saturated carbocycles. The quantitative estimate of drug-likeness (QED) is 0.503. The number of nitrogens with one attached hydrogen (secondary N) is 2. The summed E-state index contributed by atoms with van der Waals surface area (Å²) in [5.41, 5.74) is 7.47. The van der Waals surface area contributed by atoms with Gasteiger partial charge in [-0.3, -0.25) is 4.98 Å². The first-order chi connectivity index (χ1) is 16.5. The number of hydrogen-bond donors (Lipinski definition) is 2. The Hall–Kier alpha value is -3.71. The van der Waals surface area contributed by atoms with Gasteiger partial charge in [-0.1, -0.05) is 56.7 Å². The molecule has 1 aromatic rings. The minimum atomic E-state index is 0.387. The summed E-state index contributed by atoms with van der Waals surface area (Å²) in [6.07, 6.45) is 28.7. The molecule has 174 valence electrons. The molecule has 3 atom stereocenters. The van der Waals surface area contributed by atoms with Crippen LogP contribution in [0, 0.1) is 24.2 Å². The average molecular weight is 451 g/mol. The van der Waals surface area contributed by atoms with Crippen LogP contribution in [0.3, 0.4) is 0 Å². The number of rotatable bonds is 8. The third-order valence-corrected chi connectivity index (χ3v) is 6.85. The number of pyridine rings is 1. The van der Waals surface area contributed by atoms with E-state index in [9.17, 15) is 0 Å². The van der Waals surface area contributed by atoms with Crippen molar-refractivity contribution < 1.29 is 0 Å². The Morgan fingerprint density at radius 1 is 1.35 bits per heavy atom. The summed E-state index contributed by atoms with van der Waals surface area (Å²) in [7, 11) is 0. The van der Waals surface area contributed by atoms with E-state index in [0.717, 1.165) is 47.5 Å². The molecule has 3 aliphatic rings. The van der Waals surface area contributed by atoms with Crippen LogP contribution in [0.1, 0.15) is 44.7 Å². The molecule has 0 radical (unpaired) electrons. The molecule has 34 heavy (non-hydrogen) atoms. The van der Waals surface area contributed by atoms with Gasteiger partial charge in [-0.2, -0.15) is 0 Å². The van der Waals surface area contributed by atoms with E-state index < -0.39 is 0 Å². The molecule has 2 aliphatic heterocycles. The molecule has 0 fully saturated rings. The Morgan fingerprint density at radius 2 is 2.18 bits per heavy atom. The van der Waals surface area contributed by atoms with Crippen molar-refractivity contribution in [1.29, 1.82) is 0 Å². The highest BCUT2D eigenvalue weighted by atomic mass is 15.2. The maximum atomic E-state index is 5.63. The summed E-state index contributed by atoms with van der Waals surface area (Å²) in [6, 6.07) is 2.40. The Balaban J connectivity index is 1.57. The van der Waals surface area contributed by atoms with Gasteiger partial charge in [0.1, 0.15) is 0 Å². The van der Waals surface area contributed by atoms with Crippen molar-refractivity contribution in [2.45, 2.75) is 39.7 Å². The first-order valence-electron chi connectivity index (χ1n) is 12.1. The van der Waals surface area contributed by atoms with Crippen molar-refractivity contribution in [3.05, 3.63) is 108 Å². The third-order valence-electron chi connectivity index (χ3n) is 6.85. The second kappa shape index (κ2) is 10.5. The SMILES string of the molecule is C#Cc1cncc(C2=CN(/C(=C\C)C(C)CC)C(=C)C(NCCC3=CNC4C=CC=CC34)=C2)c1. The molecule has 0 aromatic carbocycles. The largest absolute Gasteiger partial charge is 0.384 e. The number of aromatic nitrogens is 1. The van der Waals surface area contributed by atoms with Crippen LogP contribution in [0.5, 0.6) is 0 Å². The van der Waals surface area contributed by atoms with E-state index in [-0.39, 0.29) is 0 Å². The second-order valence-corrected chi connectivity index (χ2v) is 8.97. The van der Waals surface area contributed by atoms with Crippen LogP contribution in [0.2, 0.25) is 0 Å². The Bertz CT molecular complexity index is 1170. The second-order valence-electron chi connectivity index (χ2n) is 8.97. The van der Waals surface area contributed by atoms with Crippen LogP contribution in [-0.4, -0.2) is 22.5 Å². The summed E-state index contributed by atoms with van der Waals surface area (Å²) in [6.45, 7) is 11.8. The summed E-state index contributed by atoms with van der Waals surface area (Å²) >= 11 is 0. The molecule has 4 heteroatoms. The average Bonchev–Trinajstić information content (AvgIpc) is 3.29. The summed E-state index contributed by atoms with van der Waals surface area (Å²) < 4.78 is 0. The van der Waals surface area contributed by atoms with Gasteiger partial charge in [-0.15, -0.1) is 6.42 Å². The molecule has 4 nitrogen and oxygen atoms in total. The van der Waals surface area contributed by atoms with E-state index in [4.69, 9.17) is 6.42 Å². The smallest absolute Gasteiger partial charge is 0.0612 e. The maximum absolute atomic E-state index is 5.63. The zero-order chi connectivity index (χ0) is 24.1. The summed E-state index contributed by atoms with van der Waals surface area (Å²) in [4.78, 5) is 6.57. The third kappa shape index (κ3) is 4.79. The van der Waals surface area contributed by atoms with Gasteiger partial charge in [0, 0.05) is 53.5 Å². The Labute approximate surface area is 204 Å². The molecule has 0 spiro atoms. The van der Waals surface area contributed by atoms with Gasteiger partial charge in [-0.05, 0) is 49.6 Å². The lowest BCUT2D eigenvalue weighted by Crippen LogP contribution is -2.30. The minimum absolute atomic E-state index is 0.387. The van der Waals surface area contributed by atoms with Crippen LogP contribution in [0.4, 0.5) is 0 Å². The number of fused-ring (bicyclic) bond motifs is 1. The fraction of sp³-hybridized carbons (Fsp3) is 0.300. The lowest BCUT2D eigenvalue weighted by molar-refractivity contribution is 0.463. The van der Waals surface area contributed by atoms with Crippen molar-refractivity contribution in [3.8, 4) is 12.3 Å². The standard InChI is InChI=1S/C30H34N4/c1-6-21(4)30(8-3)34-20-26(25-15-23(7-2)17-31-18-25)16-29(22(34)5)32-14-13-24-19-33-28-12-10-9-11-27(24)28/h2,8-12,15-21,27-28,32-33H,5-6,13-14H2,1,3-4H3/b30-8-. The van der Waals surface area contributed by atoms with Gasteiger partial charge in [-0.25, -0.2) is 0 Å². The molecular formula is C30H34N4. The number of hydrogen-bond acceptors (Lipinski definition) is 4. The Kier molecular flexibility index (Phi) is 7.23. The molecular weight excluding hydrogens is 416 g/mol. The van der Waals surface area contributed by atoms with E-state index in [0.29, 0.717) is 17.9 Å². The predicted molar refractivity (Wildman–Crippen MR) is 142 cm³/mol. The van der Waals surface area contributed by atoms with E-state index in [1.54, 1.807) is 6.20 Å². The van der Waals surface area contributed by atoms with Crippen LogP contribution in [0.25, 0.3) is 5.57 Å². The highest BCUT2D eigenvalue weighted by Gasteiger charge is 2.27. The molecule has 3 unspecified atom stereocenters. The molecule has 1 aliphatic carbocycles. The lowest BCUT2D eigenvalue weighted by atomic mass is 9.90. The van der Waals surface area contributed by atoms with Crippen molar-refractivity contribution in [3.63, 3.8) is 0 Å². The van der Waals surface area contributed by atoms with Gasteiger partial charge in [0.25, 0.3) is 0 Å². The molecule has 3 heterocycles. The molecule has 2 N–H and O–H groups in total. The van der Waals surface area contributed by atoms with Crippen LogP contribution in [0.15, 0.2) is 96.6 Å². The summed E-state index contributed by atoms with van der Waals surface area (Å²) in [5.74, 6) is 3.55. The van der Waals surface area contributed by atoms with E-state index in [1.807, 2.05) is 12.3 Å². The first-order valence-corrected chi connectivity index (χ1v) is 12.1. The zero-order valence-corrected chi connectivity index (χ0v) is 20.4. The predicted octanol–water partition coefficient (Wildman–Crippen LogP) is 5.64. The van der Waals surface area contributed by atoms with Crippen LogP contribution >= 0.6 is 0 Å². The van der Waals surface area contributed by atoms with Crippen LogP contribution < -0.4 is 10.6 Å². The normalized spacial score (nSPS) is 22.3. The topological polar surface area (TPSA) is 40.2 Å². The number of nitrogens with zero attached hydrogens (tertiary/aromatic N) is 2. The number of allylic oxidation sites excluding steroid dienone is 6. The fourth-order valence-corrected chi connectivity index (χ4v) is 4.71. The van der Waals surface area contributed by atoms with Gasteiger partial charge < -0.3 is 15.5 Å². The van der Waals surface area contributed by atoms with E-state index >= 15 is 0 Å². The van der Waals surface area contributed by atoms with Crippen molar-refractivity contribution in [2.75, 3.05) is 6.54 Å². The zero-order valence-electron chi connectivity index (χ0n) is 20.4. The lowest BCUT2D eigenvalue weighted by Gasteiger charge is -2.34. The van der Waals surface area contributed by atoms with Crippen molar-refractivity contribution in [1.82, 2.24) is 20.5 Å². The van der Waals surface area contributed by atoms with E-state index in [1.165, 1.54) is 11.3 Å². The van der Waals surface area contributed by atoms with Gasteiger partial charge >= 0.3 is 0 Å². The monoisotopic (exact) mass is 450 g/mol. The Morgan fingerprint density at radius 3 is 2.94 bits per heavy atom. The van der Waals surface area contributed by atoms with Gasteiger partial charge in [0.05, 0.1) is 17.4 Å². The molecule has 0 bridgehead atoms. The van der Waals surface area contributed by atoms with Gasteiger partial charge in [0.15, 0.2) is 0 Å². The first kappa shape index (κ1) is 23.4.